The molecule has 0 amide bonds. The molecule has 18 heavy (non-hydrogen) atoms. The van der Waals surface area contributed by atoms with Crippen molar-refractivity contribution < 1.29 is 4.74 Å². The van der Waals surface area contributed by atoms with Crippen molar-refractivity contribution >= 4 is 29.2 Å². The number of anilines is 3. The summed E-state index contributed by atoms with van der Waals surface area (Å²) >= 11 is 5.76. The summed E-state index contributed by atoms with van der Waals surface area (Å²) in [5.41, 5.74) is 6.35. The standard InChI is InChI=1S/C11H12ClN5O/c1-17(7-5-3-4-6-8(7)18-2)11-15-9(12)14-10(13)16-11/h3-6H,1-2H3,(H2,13,14,15,16). The van der Waals surface area contributed by atoms with Gasteiger partial charge in [0.15, 0.2) is 0 Å². The number of halogens is 1. The molecule has 0 bridgehead atoms. The van der Waals surface area contributed by atoms with Crippen LogP contribution in [0.5, 0.6) is 5.75 Å². The van der Waals surface area contributed by atoms with Crippen molar-refractivity contribution in [1.82, 2.24) is 15.0 Å². The topological polar surface area (TPSA) is 77.2 Å². The van der Waals surface area contributed by atoms with E-state index < -0.39 is 0 Å². The SMILES string of the molecule is COc1ccccc1N(C)c1nc(N)nc(Cl)n1. The second kappa shape index (κ2) is 5.05. The van der Waals surface area contributed by atoms with Gasteiger partial charge in [-0.15, -0.1) is 0 Å². The van der Waals surface area contributed by atoms with Gasteiger partial charge in [-0.3, -0.25) is 0 Å². The molecule has 0 aliphatic heterocycles. The molecule has 7 heteroatoms. The number of hydrogen-bond donors (Lipinski definition) is 1. The monoisotopic (exact) mass is 265 g/mol. The Morgan fingerprint density at radius 3 is 2.61 bits per heavy atom. The van der Waals surface area contributed by atoms with Gasteiger partial charge in [0.25, 0.3) is 0 Å². The Balaban J connectivity index is 2.44. The van der Waals surface area contributed by atoms with Crippen molar-refractivity contribution in [3.05, 3.63) is 29.5 Å². The van der Waals surface area contributed by atoms with Crippen molar-refractivity contribution in [2.24, 2.45) is 0 Å². The number of ether oxygens (including phenoxy) is 1. The Kier molecular flexibility index (Phi) is 3.47. The number of rotatable bonds is 3. The molecule has 2 rings (SSSR count). The average molecular weight is 266 g/mol. The van der Waals surface area contributed by atoms with Crippen LogP contribution in [0, 0.1) is 0 Å². The molecule has 0 aliphatic rings. The number of nitrogen functional groups attached to an aromatic ring is 1. The van der Waals surface area contributed by atoms with Gasteiger partial charge in [-0.2, -0.15) is 15.0 Å². The minimum atomic E-state index is 0.0549. The molecule has 0 unspecified atom stereocenters. The van der Waals surface area contributed by atoms with Crippen molar-refractivity contribution in [2.45, 2.75) is 0 Å². The van der Waals surface area contributed by atoms with E-state index in [0.717, 1.165) is 5.69 Å². The summed E-state index contributed by atoms with van der Waals surface area (Å²) in [6.07, 6.45) is 0. The number of nitrogens with two attached hydrogens (primary N) is 1. The van der Waals surface area contributed by atoms with Gasteiger partial charge in [-0.1, -0.05) is 12.1 Å². The minimum absolute atomic E-state index is 0.0549. The number of aromatic nitrogens is 3. The zero-order valence-electron chi connectivity index (χ0n) is 9.96. The maximum atomic E-state index is 5.76. The number of benzene rings is 1. The van der Waals surface area contributed by atoms with Crippen molar-refractivity contribution in [3.63, 3.8) is 0 Å². The van der Waals surface area contributed by atoms with Crippen LogP contribution in [0.25, 0.3) is 0 Å². The first-order chi connectivity index (χ1) is 8.61. The molecule has 2 N–H and O–H groups in total. The lowest BCUT2D eigenvalue weighted by atomic mass is 10.3. The molecule has 6 nitrogen and oxygen atoms in total. The van der Waals surface area contributed by atoms with Gasteiger partial charge in [0, 0.05) is 7.05 Å². The summed E-state index contributed by atoms with van der Waals surface area (Å²) in [5.74, 6) is 1.14. The van der Waals surface area contributed by atoms with Crippen molar-refractivity contribution in [2.75, 3.05) is 24.8 Å². The van der Waals surface area contributed by atoms with E-state index in [1.54, 1.807) is 19.1 Å². The Bertz CT molecular complexity index is 543. The first-order valence-corrected chi connectivity index (χ1v) is 5.53. The van der Waals surface area contributed by atoms with Crippen LogP contribution in [0.3, 0.4) is 0 Å². The molecule has 0 radical (unpaired) electrons. The van der Waals surface area contributed by atoms with Crippen LogP contribution in [0.2, 0.25) is 5.28 Å². The fraction of sp³-hybridized carbons (Fsp3) is 0.182. The fourth-order valence-corrected chi connectivity index (χ4v) is 1.68. The molecule has 94 valence electrons. The normalized spacial score (nSPS) is 10.2. The lowest BCUT2D eigenvalue weighted by Gasteiger charge is -2.19. The molecule has 0 atom stereocenters. The average Bonchev–Trinajstić information content (AvgIpc) is 2.36. The molecular weight excluding hydrogens is 254 g/mol. The Morgan fingerprint density at radius 1 is 1.22 bits per heavy atom. The summed E-state index contributed by atoms with van der Waals surface area (Å²) in [4.78, 5) is 13.5. The number of nitrogens with zero attached hydrogens (tertiary/aromatic N) is 4. The van der Waals surface area contributed by atoms with E-state index in [1.807, 2.05) is 24.3 Å². The van der Waals surface area contributed by atoms with Gasteiger partial charge in [-0.05, 0) is 23.7 Å². The van der Waals surface area contributed by atoms with Gasteiger partial charge in [0.05, 0.1) is 12.8 Å². The van der Waals surface area contributed by atoms with E-state index >= 15 is 0 Å². The smallest absolute Gasteiger partial charge is 0.235 e. The fourth-order valence-electron chi connectivity index (χ4n) is 1.52. The summed E-state index contributed by atoms with van der Waals surface area (Å²) < 4.78 is 5.27. The zero-order valence-corrected chi connectivity index (χ0v) is 10.7. The zero-order chi connectivity index (χ0) is 13.1. The Labute approximate surface area is 109 Å². The lowest BCUT2D eigenvalue weighted by Crippen LogP contribution is -2.15. The molecule has 0 saturated heterocycles. The molecule has 2 aromatic rings. The maximum Gasteiger partial charge on any atom is 0.235 e. The predicted octanol–water partition coefficient (Wildman–Crippen LogP) is 1.88. The van der Waals surface area contributed by atoms with E-state index in [1.165, 1.54) is 0 Å². The van der Waals surface area contributed by atoms with Crippen LogP contribution in [0.1, 0.15) is 0 Å². The van der Waals surface area contributed by atoms with E-state index in [4.69, 9.17) is 22.1 Å². The highest BCUT2D eigenvalue weighted by atomic mass is 35.5. The molecule has 0 saturated carbocycles. The molecule has 1 aromatic heterocycles. The maximum absolute atomic E-state index is 5.76. The van der Waals surface area contributed by atoms with Crippen molar-refractivity contribution in [1.29, 1.82) is 0 Å². The summed E-state index contributed by atoms with van der Waals surface area (Å²) in [6.45, 7) is 0. The van der Waals surface area contributed by atoms with Gasteiger partial charge < -0.3 is 15.4 Å². The van der Waals surface area contributed by atoms with Gasteiger partial charge in [0.2, 0.25) is 17.2 Å². The molecule has 1 heterocycles. The Morgan fingerprint density at radius 2 is 1.94 bits per heavy atom. The van der Waals surface area contributed by atoms with Crippen LogP contribution in [0.15, 0.2) is 24.3 Å². The Hall–Kier alpha value is -2.08. The van der Waals surface area contributed by atoms with Crippen LogP contribution in [-0.4, -0.2) is 29.1 Å². The molecule has 1 aromatic carbocycles. The van der Waals surface area contributed by atoms with E-state index in [9.17, 15) is 0 Å². The summed E-state index contributed by atoms with van der Waals surface area (Å²) in [7, 11) is 3.39. The van der Waals surface area contributed by atoms with E-state index in [-0.39, 0.29) is 11.2 Å². The lowest BCUT2D eigenvalue weighted by molar-refractivity contribution is 0.415. The van der Waals surface area contributed by atoms with Crippen LogP contribution in [-0.2, 0) is 0 Å². The van der Waals surface area contributed by atoms with E-state index in [2.05, 4.69) is 15.0 Å². The summed E-state index contributed by atoms with van der Waals surface area (Å²) in [5, 5.41) is 0.0549. The molecular formula is C11H12ClN5O. The largest absolute Gasteiger partial charge is 0.495 e. The second-order valence-corrected chi connectivity index (χ2v) is 3.83. The van der Waals surface area contributed by atoms with Crippen LogP contribution >= 0.6 is 11.6 Å². The number of hydrogen-bond acceptors (Lipinski definition) is 6. The molecule has 0 aliphatic carbocycles. The second-order valence-electron chi connectivity index (χ2n) is 3.49. The minimum Gasteiger partial charge on any atom is -0.495 e. The van der Waals surface area contributed by atoms with Crippen molar-refractivity contribution in [3.8, 4) is 5.75 Å². The summed E-state index contributed by atoms with van der Waals surface area (Å²) in [6, 6.07) is 7.50. The van der Waals surface area contributed by atoms with Crippen LogP contribution < -0.4 is 15.4 Å². The first kappa shape index (κ1) is 12.4. The highest BCUT2D eigenvalue weighted by molar-refractivity contribution is 6.28. The third kappa shape index (κ3) is 2.43. The number of para-hydroxylation sites is 2. The van der Waals surface area contributed by atoms with Gasteiger partial charge in [0.1, 0.15) is 5.75 Å². The van der Waals surface area contributed by atoms with Gasteiger partial charge >= 0.3 is 0 Å². The first-order valence-electron chi connectivity index (χ1n) is 5.15. The highest BCUT2D eigenvalue weighted by Crippen LogP contribution is 2.30. The van der Waals surface area contributed by atoms with E-state index in [0.29, 0.717) is 11.7 Å². The third-order valence-corrected chi connectivity index (χ3v) is 2.53. The molecule has 0 fully saturated rings. The molecule has 0 spiro atoms. The quantitative estimate of drug-likeness (QED) is 0.913. The highest BCUT2D eigenvalue weighted by Gasteiger charge is 2.13. The predicted molar refractivity (Wildman–Crippen MR) is 70.3 cm³/mol. The van der Waals surface area contributed by atoms with Gasteiger partial charge in [-0.25, -0.2) is 0 Å². The third-order valence-electron chi connectivity index (χ3n) is 2.36. The van der Waals surface area contributed by atoms with Crippen LogP contribution in [0.4, 0.5) is 17.6 Å². The number of methoxy groups -OCH3 is 1.